The molecule has 0 aliphatic rings. The maximum absolute atomic E-state index is 8.55. The van der Waals surface area contributed by atoms with Gasteiger partial charge in [-0.15, -0.1) is 0 Å². The zero-order valence-corrected chi connectivity index (χ0v) is 36.6. The van der Waals surface area contributed by atoms with Gasteiger partial charge in [0.1, 0.15) is 0 Å². The third-order valence-electron chi connectivity index (χ3n) is 5.34. The molecule has 0 aliphatic heterocycles. The summed E-state index contributed by atoms with van der Waals surface area (Å²) in [4.78, 5) is 25.6. The summed E-state index contributed by atoms with van der Waals surface area (Å²) in [6, 6.07) is 0. The smallest absolute Gasteiger partial charge is 0.822 e. The Bertz CT molecular complexity index is 356. The van der Waals surface area contributed by atoms with Crippen molar-refractivity contribution in [3.8, 4) is 0 Å². The van der Waals surface area contributed by atoms with Crippen LogP contribution in [-0.2, 0) is 63.0 Å². The van der Waals surface area contributed by atoms with Gasteiger partial charge < -0.3 is 40.0 Å². The first-order chi connectivity index (χ1) is 16.3. The van der Waals surface area contributed by atoms with E-state index in [1.807, 2.05) is 0 Å². The van der Waals surface area contributed by atoms with Crippen LogP contribution in [0.3, 0.4) is 0 Å². The van der Waals surface area contributed by atoms with Crippen LogP contribution in [0.1, 0.15) is 157 Å². The number of hydrogen-bond acceptors (Lipinski definition) is 4. The predicted octanol–water partition coefficient (Wildman–Crippen LogP) is 8.62. The molecule has 0 fully saturated rings. The van der Waals surface area contributed by atoms with Crippen molar-refractivity contribution < 1.29 is 77.7 Å². The van der Waals surface area contributed by atoms with Crippen LogP contribution in [0, 0.1) is 38.5 Å². The van der Waals surface area contributed by atoms with E-state index in [4.69, 9.17) is 19.2 Å². The molecule has 0 heterocycles. The first kappa shape index (κ1) is 55.9. The van der Waals surface area contributed by atoms with Crippen LogP contribution < -0.4 is 14.7 Å². The molecule has 8 heteroatoms. The van der Waals surface area contributed by atoms with E-state index in [1.54, 1.807) is 0 Å². The average Bonchev–Trinajstić information content (AvgIpc) is 2.72. The minimum absolute atomic E-state index is 0. The van der Waals surface area contributed by atoms with E-state index >= 15 is 0 Å². The minimum Gasteiger partial charge on any atom is -0.822 e. The van der Waals surface area contributed by atoms with E-state index in [-0.39, 0.29) is 58.4 Å². The van der Waals surface area contributed by atoms with E-state index in [9.17, 15) is 0 Å². The first-order valence-corrected chi connectivity index (χ1v) is 15.9. The molecular formula is C30H63O4PZn3. The topological polar surface area (TPSA) is 86.2 Å². The summed E-state index contributed by atoms with van der Waals surface area (Å²) in [6.07, 6.45) is 24.1. The second kappa shape index (κ2) is 46.0. The molecule has 0 aromatic carbocycles. The van der Waals surface area contributed by atoms with Gasteiger partial charge in [-0.05, 0) is 17.8 Å². The minimum atomic E-state index is -5.39. The molecule has 0 unspecified atom stereocenters. The predicted molar refractivity (Wildman–Crippen MR) is 151 cm³/mol. The summed E-state index contributed by atoms with van der Waals surface area (Å²) in [5.74, 6) is 2.67. The molecular weight excluding hydrogens is 651 g/mol. The van der Waals surface area contributed by atoms with E-state index in [2.05, 4.69) is 62.3 Å². The van der Waals surface area contributed by atoms with Crippen LogP contribution in [0.2, 0.25) is 0 Å². The van der Waals surface area contributed by atoms with Gasteiger partial charge in [-0.25, -0.2) is 0 Å². The quantitative estimate of drug-likeness (QED) is 0.0616. The van der Waals surface area contributed by atoms with Crippen LogP contribution in [0.15, 0.2) is 0 Å². The van der Waals surface area contributed by atoms with Crippen molar-refractivity contribution in [2.24, 2.45) is 17.8 Å². The Kier molecular flexibility index (Phi) is 67.5. The van der Waals surface area contributed by atoms with Crippen molar-refractivity contribution in [1.82, 2.24) is 0 Å². The Morgan fingerprint density at radius 1 is 0.447 bits per heavy atom. The van der Waals surface area contributed by atoms with Crippen molar-refractivity contribution in [1.29, 1.82) is 0 Å². The van der Waals surface area contributed by atoms with Crippen LogP contribution in [0.4, 0.5) is 0 Å². The number of phosphoric acid groups is 1. The fraction of sp³-hybridized carbons (Fsp3) is 0.900. The van der Waals surface area contributed by atoms with Crippen molar-refractivity contribution in [2.45, 2.75) is 157 Å². The number of unbranched alkanes of at least 4 members (excludes halogenated alkanes) is 12. The summed E-state index contributed by atoms with van der Waals surface area (Å²) < 4.78 is 8.55. The Morgan fingerprint density at radius 3 is 0.737 bits per heavy atom. The number of rotatable bonds is 18. The Morgan fingerprint density at radius 2 is 0.605 bits per heavy atom. The Hall–Kier alpha value is 1.98. The molecule has 0 saturated carbocycles. The summed E-state index contributed by atoms with van der Waals surface area (Å²) in [5.41, 5.74) is 0. The normalized spacial score (nSPS) is 10.1. The second-order valence-electron chi connectivity index (χ2n) is 10.8. The molecule has 0 saturated heterocycles. The number of hydrogen-bond donors (Lipinski definition) is 0. The molecule has 218 valence electrons. The first-order valence-electron chi connectivity index (χ1n) is 14.4. The van der Waals surface area contributed by atoms with Gasteiger partial charge in [-0.1, -0.05) is 138 Å². The van der Waals surface area contributed by atoms with E-state index in [0.29, 0.717) is 0 Å². The van der Waals surface area contributed by atoms with Gasteiger partial charge in [0.25, 0.3) is 0 Å². The average molecular weight is 715 g/mol. The molecule has 0 aromatic heterocycles. The third-order valence-corrected chi connectivity index (χ3v) is 5.34. The van der Waals surface area contributed by atoms with Crippen molar-refractivity contribution in [3.05, 3.63) is 20.8 Å². The molecule has 0 aliphatic carbocycles. The van der Waals surface area contributed by atoms with Crippen LogP contribution in [0.25, 0.3) is 0 Å². The molecule has 0 radical (unpaired) electrons. The van der Waals surface area contributed by atoms with Gasteiger partial charge in [0.15, 0.2) is 0 Å². The van der Waals surface area contributed by atoms with E-state index in [0.717, 1.165) is 37.0 Å². The molecule has 0 aromatic rings. The van der Waals surface area contributed by atoms with Crippen molar-refractivity contribution >= 4 is 7.82 Å². The molecule has 0 amide bonds. The molecule has 0 N–H and O–H groups in total. The van der Waals surface area contributed by atoms with Crippen molar-refractivity contribution in [2.75, 3.05) is 0 Å². The SMILES string of the molecule is O=P([O-])([O-])[O-].[CH2-]CCCCCCC(C)C.[CH2-]CCCCCCC(C)C.[CH2-]CCCCCCC(C)C.[Zn+2].[Zn+2].[Zn+2]. The fourth-order valence-electron chi connectivity index (χ4n) is 3.25. The molecule has 0 spiro atoms. The summed E-state index contributed by atoms with van der Waals surface area (Å²) >= 11 is 0. The Labute approximate surface area is 279 Å². The van der Waals surface area contributed by atoms with Crippen LogP contribution >= 0.6 is 7.82 Å². The molecule has 4 nitrogen and oxygen atoms in total. The third kappa shape index (κ3) is 98.4. The van der Waals surface area contributed by atoms with E-state index < -0.39 is 7.82 Å². The fourth-order valence-corrected chi connectivity index (χ4v) is 3.25. The molecule has 0 bridgehead atoms. The van der Waals surface area contributed by atoms with Gasteiger partial charge >= 0.3 is 58.4 Å². The van der Waals surface area contributed by atoms with Crippen LogP contribution in [0.5, 0.6) is 0 Å². The van der Waals surface area contributed by atoms with Crippen molar-refractivity contribution in [3.63, 3.8) is 0 Å². The standard InChI is InChI=1S/3C10H21.H3O4P.3Zn/c3*1-4-5-6-7-8-9-10(2)3;1-5(2,3)4;;;/h3*10H,1,4-9H2,2-3H3;(H3,1,2,3,4);;;/q3*-1;;3*+2/p-3. The van der Waals surface area contributed by atoms with E-state index in [1.165, 1.54) is 96.3 Å². The van der Waals surface area contributed by atoms with Crippen LogP contribution in [-0.4, -0.2) is 0 Å². The monoisotopic (exact) mass is 710 g/mol. The van der Waals surface area contributed by atoms with Gasteiger partial charge in [0.05, 0.1) is 0 Å². The second-order valence-corrected chi connectivity index (χ2v) is 11.7. The molecule has 0 atom stereocenters. The largest absolute Gasteiger partial charge is 2.00 e. The maximum atomic E-state index is 8.55. The molecule has 0 rings (SSSR count). The summed E-state index contributed by atoms with van der Waals surface area (Å²) in [5, 5.41) is 0. The van der Waals surface area contributed by atoms with Gasteiger partial charge in [-0.2, -0.15) is 27.1 Å². The van der Waals surface area contributed by atoms with Gasteiger partial charge in [0, 0.05) is 0 Å². The summed E-state index contributed by atoms with van der Waals surface area (Å²) in [6.45, 7) is 25.2. The zero-order chi connectivity index (χ0) is 28.0. The zero-order valence-electron chi connectivity index (χ0n) is 26.8. The summed E-state index contributed by atoms with van der Waals surface area (Å²) in [7, 11) is -5.39. The Balaban J connectivity index is -0.0000000673. The maximum Gasteiger partial charge on any atom is 2.00 e. The van der Waals surface area contributed by atoms with Gasteiger partial charge in [0.2, 0.25) is 0 Å². The molecule has 38 heavy (non-hydrogen) atoms. The van der Waals surface area contributed by atoms with Gasteiger partial charge in [-0.3, -0.25) is 0 Å².